The highest BCUT2D eigenvalue weighted by Crippen LogP contribution is 2.40. The minimum Gasteiger partial charge on any atom is -0.379 e. The molecule has 0 atom stereocenters. The zero-order valence-corrected chi connectivity index (χ0v) is 13.1. The summed E-state index contributed by atoms with van der Waals surface area (Å²) in [5.41, 5.74) is 8.14. The van der Waals surface area contributed by atoms with Gasteiger partial charge in [0.1, 0.15) is 5.01 Å². The van der Waals surface area contributed by atoms with Crippen molar-refractivity contribution in [2.45, 2.75) is 12.3 Å². The molecule has 3 nitrogen and oxygen atoms in total. The van der Waals surface area contributed by atoms with Gasteiger partial charge in [-0.1, -0.05) is 28.1 Å². The second-order valence-corrected chi connectivity index (χ2v) is 6.84. The molecule has 0 radical (unpaired) electrons. The molecule has 19 heavy (non-hydrogen) atoms. The van der Waals surface area contributed by atoms with E-state index in [1.807, 2.05) is 12.1 Å². The molecule has 100 valence electrons. The van der Waals surface area contributed by atoms with Crippen molar-refractivity contribution in [2.75, 3.05) is 19.8 Å². The van der Waals surface area contributed by atoms with Crippen molar-refractivity contribution in [3.63, 3.8) is 0 Å². The zero-order valence-electron chi connectivity index (χ0n) is 10.6. The molecule has 1 aliphatic heterocycles. The maximum atomic E-state index is 5.93. The molecule has 0 spiro atoms. The van der Waals surface area contributed by atoms with Crippen LogP contribution in [-0.2, 0) is 10.2 Å². The van der Waals surface area contributed by atoms with Crippen LogP contribution >= 0.6 is 27.3 Å². The molecule has 1 fully saturated rings. The van der Waals surface area contributed by atoms with E-state index in [1.54, 1.807) is 11.3 Å². The smallest absolute Gasteiger partial charge is 0.123 e. The third-order valence-corrected chi connectivity index (χ3v) is 5.44. The number of aromatic nitrogens is 1. The topological polar surface area (TPSA) is 48.1 Å². The Kier molecular flexibility index (Phi) is 3.47. The number of ether oxygens (including phenoxy) is 1. The van der Waals surface area contributed by atoms with Gasteiger partial charge in [-0.2, -0.15) is 0 Å². The Bertz CT molecular complexity index is 602. The van der Waals surface area contributed by atoms with Gasteiger partial charge in [-0.15, -0.1) is 11.3 Å². The molecule has 2 aromatic rings. The molecule has 1 aliphatic rings. The number of benzene rings is 1. The van der Waals surface area contributed by atoms with E-state index >= 15 is 0 Å². The van der Waals surface area contributed by atoms with Crippen molar-refractivity contribution in [1.82, 2.24) is 4.98 Å². The summed E-state index contributed by atoms with van der Waals surface area (Å²) in [5.74, 6) is 0. The summed E-state index contributed by atoms with van der Waals surface area (Å²) >= 11 is 5.24. The third kappa shape index (κ3) is 2.25. The van der Waals surface area contributed by atoms with Crippen LogP contribution in [0.25, 0.3) is 10.6 Å². The van der Waals surface area contributed by atoms with Gasteiger partial charge in [-0.25, -0.2) is 4.98 Å². The Balaban J connectivity index is 2.02. The van der Waals surface area contributed by atoms with Crippen molar-refractivity contribution >= 4 is 27.3 Å². The molecule has 2 heterocycles. The van der Waals surface area contributed by atoms with Gasteiger partial charge >= 0.3 is 0 Å². The number of thiazole rings is 1. The first-order chi connectivity index (χ1) is 9.14. The van der Waals surface area contributed by atoms with Crippen LogP contribution < -0.4 is 5.73 Å². The molecule has 1 saturated heterocycles. The number of aryl methyl sites for hydroxylation is 1. The van der Waals surface area contributed by atoms with E-state index in [4.69, 9.17) is 15.5 Å². The predicted octanol–water partition coefficient (Wildman–Crippen LogP) is 3.11. The molecule has 2 N–H and O–H groups in total. The normalized spacial score (nSPS) is 17.2. The van der Waals surface area contributed by atoms with Gasteiger partial charge in [-0.05, 0) is 19.1 Å². The molecule has 1 aromatic heterocycles. The van der Waals surface area contributed by atoms with E-state index in [0.717, 1.165) is 20.7 Å². The number of nitrogens with two attached hydrogens (primary N) is 1. The minimum absolute atomic E-state index is 0.00792. The highest BCUT2D eigenvalue weighted by molar-refractivity contribution is 9.10. The summed E-state index contributed by atoms with van der Waals surface area (Å²) in [5, 5.41) is 1.05. The lowest BCUT2D eigenvalue weighted by Crippen LogP contribution is -2.52. The first-order valence-corrected chi connectivity index (χ1v) is 7.77. The number of halogens is 1. The Morgan fingerprint density at radius 1 is 1.47 bits per heavy atom. The fourth-order valence-corrected chi connectivity index (χ4v) is 3.95. The van der Waals surface area contributed by atoms with E-state index in [-0.39, 0.29) is 5.41 Å². The Morgan fingerprint density at radius 3 is 2.84 bits per heavy atom. The first kappa shape index (κ1) is 13.2. The summed E-state index contributed by atoms with van der Waals surface area (Å²) in [4.78, 5) is 5.98. The van der Waals surface area contributed by atoms with E-state index in [9.17, 15) is 0 Å². The van der Waals surface area contributed by atoms with Crippen LogP contribution in [0.1, 0.15) is 10.6 Å². The molecule has 0 saturated carbocycles. The van der Waals surface area contributed by atoms with Gasteiger partial charge in [-0.3, -0.25) is 0 Å². The van der Waals surface area contributed by atoms with Gasteiger partial charge in [0.05, 0.1) is 24.3 Å². The maximum absolute atomic E-state index is 5.93. The van der Waals surface area contributed by atoms with Crippen LogP contribution in [-0.4, -0.2) is 24.7 Å². The van der Waals surface area contributed by atoms with Crippen LogP contribution in [0, 0.1) is 6.92 Å². The quantitative estimate of drug-likeness (QED) is 0.935. The molecule has 0 unspecified atom stereocenters. The van der Waals surface area contributed by atoms with Crippen LogP contribution in [0.4, 0.5) is 0 Å². The van der Waals surface area contributed by atoms with Gasteiger partial charge < -0.3 is 10.5 Å². The lowest BCUT2D eigenvalue weighted by Gasteiger charge is -2.39. The second kappa shape index (κ2) is 4.98. The number of hydrogen-bond donors (Lipinski definition) is 1. The highest BCUT2D eigenvalue weighted by Gasteiger charge is 2.42. The molecule has 5 heteroatoms. The summed E-state index contributed by atoms with van der Waals surface area (Å²) in [6.07, 6.45) is 0. The molecule has 0 aliphatic carbocycles. The lowest BCUT2D eigenvalue weighted by atomic mass is 9.83. The van der Waals surface area contributed by atoms with Crippen molar-refractivity contribution in [3.05, 3.63) is 39.3 Å². The second-order valence-electron chi connectivity index (χ2n) is 4.92. The molecule has 1 aromatic carbocycles. The number of rotatable bonds is 3. The van der Waals surface area contributed by atoms with Gasteiger partial charge in [0.2, 0.25) is 0 Å². The van der Waals surface area contributed by atoms with E-state index in [0.29, 0.717) is 19.8 Å². The average Bonchev–Trinajstić information content (AvgIpc) is 2.72. The summed E-state index contributed by atoms with van der Waals surface area (Å²) in [6, 6.07) is 8.22. The Morgan fingerprint density at radius 2 is 2.26 bits per heavy atom. The zero-order chi connectivity index (χ0) is 13.5. The van der Waals surface area contributed by atoms with Crippen molar-refractivity contribution in [1.29, 1.82) is 0 Å². The highest BCUT2D eigenvalue weighted by atomic mass is 79.9. The van der Waals surface area contributed by atoms with Gasteiger partial charge in [0.25, 0.3) is 0 Å². The summed E-state index contributed by atoms with van der Waals surface area (Å²) < 4.78 is 6.43. The van der Waals surface area contributed by atoms with E-state index in [1.165, 1.54) is 4.88 Å². The van der Waals surface area contributed by atoms with E-state index in [2.05, 4.69) is 35.0 Å². The first-order valence-electron chi connectivity index (χ1n) is 6.16. The standard InChI is InChI=1S/C14H15BrN2OS/c1-9-12(14(6-16)7-18-8-14)19-13(17-9)10-3-2-4-11(15)5-10/h2-5H,6-8,16H2,1H3. The van der Waals surface area contributed by atoms with Crippen molar-refractivity contribution < 1.29 is 4.74 Å². The number of hydrogen-bond acceptors (Lipinski definition) is 4. The van der Waals surface area contributed by atoms with Crippen molar-refractivity contribution in [2.24, 2.45) is 5.73 Å². The monoisotopic (exact) mass is 338 g/mol. The van der Waals surface area contributed by atoms with Crippen molar-refractivity contribution in [3.8, 4) is 10.6 Å². The average molecular weight is 339 g/mol. The van der Waals surface area contributed by atoms with Gasteiger partial charge in [0, 0.05) is 21.5 Å². The van der Waals surface area contributed by atoms with Crippen LogP contribution in [0.3, 0.4) is 0 Å². The third-order valence-electron chi connectivity index (χ3n) is 3.50. The SMILES string of the molecule is Cc1nc(-c2cccc(Br)c2)sc1C1(CN)COC1. The van der Waals surface area contributed by atoms with Crippen LogP contribution in [0.15, 0.2) is 28.7 Å². The lowest BCUT2D eigenvalue weighted by molar-refractivity contribution is -0.0535. The summed E-state index contributed by atoms with van der Waals surface area (Å²) in [6.45, 7) is 4.10. The Hall–Kier alpha value is -0.750. The van der Waals surface area contributed by atoms with Crippen LogP contribution in [0.5, 0.6) is 0 Å². The molecular formula is C14H15BrN2OS. The summed E-state index contributed by atoms with van der Waals surface area (Å²) in [7, 11) is 0. The fourth-order valence-electron chi connectivity index (χ4n) is 2.32. The molecule has 0 amide bonds. The largest absolute Gasteiger partial charge is 0.379 e. The fraction of sp³-hybridized carbons (Fsp3) is 0.357. The number of nitrogens with zero attached hydrogens (tertiary/aromatic N) is 1. The molecule has 3 rings (SSSR count). The Labute approximate surface area is 124 Å². The maximum Gasteiger partial charge on any atom is 0.123 e. The van der Waals surface area contributed by atoms with Gasteiger partial charge in [0.15, 0.2) is 0 Å². The molecular weight excluding hydrogens is 324 g/mol. The van der Waals surface area contributed by atoms with Crippen LogP contribution in [0.2, 0.25) is 0 Å². The van der Waals surface area contributed by atoms with E-state index < -0.39 is 0 Å². The predicted molar refractivity (Wildman–Crippen MR) is 81.5 cm³/mol. The minimum atomic E-state index is -0.00792. The molecule has 0 bridgehead atoms.